The molecular weight excluding hydrogens is 228 g/mol. The molecule has 110 valence electrons. The molecule has 0 aromatic heterocycles. The Morgan fingerprint density at radius 3 is 1.95 bits per heavy atom. The summed E-state index contributed by atoms with van der Waals surface area (Å²) >= 11 is 0. The van der Waals surface area contributed by atoms with E-state index in [0.29, 0.717) is 0 Å². The predicted octanol–water partition coefficient (Wildman–Crippen LogP) is 6.99. The summed E-state index contributed by atoms with van der Waals surface area (Å²) in [5.41, 5.74) is 3.15. The lowest BCUT2D eigenvalue weighted by Gasteiger charge is -2.03. The van der Waals surface area contributed by atoms with Gasteiger partial charge in [0.05, 0.1) is 0 Å². The second-order valence-electron chi connectivity index (χ2n) is 5.64. The molecule has 0 N–H and O–H groups in total. The molecule has 0 aromatic rings. The van der Waals surface area contributed by atoms with Gasteiger partial charge in [-0.05, 0) is 71.6 Å². The molecule has 0 aromatic carbocycles. The Kier molecular flexibility index (Phi) is 13.1. The van der Waals surface area contributed by atoms with Crippen LogP contribution in [0.4, 0.5) is 0 Å². The molecule has 0 nitrogen and oxygen atoms in total. The van der Waals surface area contributed by atoms with E-state index in [-0.39, 0.29) is 0 Å². The lowest BCUT2D eigenvalue weighted by atomic mass is 10.0. The van der Waals surface area contributed by atoms with E-state index in [1.807, 2.05) is 6.08 Å². The topological polar surface area (TPSA) is 0 Å². The van der Waals surface area contributed by atoms with Crippen molar-refractivity contribution >= 4 is 0 Å². The summed E-state index contributed by atoms with van der Waals surface area (Å²) in [5, 5.41) is 0. The van der Waals surface area contributed by atoms with Crippen molar-refractivity contribution in [3.8, 4) is 0 Å². The van der Waals surface area contributed by atoms with Gasteiger partial charge in [-0.15, -0.1) is 6.58 Å². The number of hydrogen-bond donors (Lipinski definition) is 0. The van der Waals surface area contributed by atoms with Crippen LogP contribution in [0, 0.1) is 0 Å². The highest BCUT2D eigenvalue weighted by Gasteiger charge is 1.94. The summed E-state index contributed by atoms with van der Waals surface area (Å²) in [5.74, 6) is 0. The lowest BCUT2D eigenvalue weighted by Crippen LogP contribution is -1.83. The lowest BCUT2D eigenvalue weighted by molar-refractivity contribution is 0.669. The van der Waals surface area contributed by atoms with Crippen molar-refractivity contribution in [2.24, 2.45) is 0 Å². The van der Waals surface area contributed by atoms with Crippen molar-refractivity contribution in [1.82, 2.24) is 0 Å². The second kappa shape index (κ2) is 13.6. The van der Waals surface area contributed by atoms with Gasteiger partial charge >= 0.3 is 0 Å². The molecule has 0 radical (unpaired) electrons. The second-order valence-corrected chi connectivity index (χ2v) is 5.64. The average molecular weight is 262 g/mol. The maximum Gasteiger partial charge on any atom is -0.0323 e. The molecule has 19 heavy (non-hydrogen) atoms. The van der Waals surface area contributed by atoms with Crippen LogP contribution < -0.4 is 0 Å². The smallest absolute Gasteiger partial charge is 0.0323 e. The van der Waals surface area contributed by atoms with Crippen molar-refractivity contribution in [2.45, 2.75) is 85.0 Å². The fourth-order valence-corrected chi connectivity index (χ4v) is 2.32. The third kappa shape index (κ3) is 13.5. The number of rotatable bonds is 12. The SMILES string of the molecule is C=CCCCC/C=C(\C)CCCCC/C(C)=C/CC. The van der Waals surface area contributed by atoms with Crippen LogP contribution in [0.15, 0.2) is 36.0 Å². The first kappa shape index (κ1) is 18.2. The molecule has 0 aliphatic heterocycles. The van der Waals surface area contributed by atoms with Crippen LogP contribution in [0.2, 0.25) is 0 Å². The Balaban J connectivity index is 3.46. The summed E-state index contributed by atoms with van der Waals surface area (Å²) in [7, 11) is 0. The third-order valence-corrected chi connectivity index (χ3v) is 3.55. The monoisotopic (exact) mass is 262 g/mol. The molecule has 0 amide bonds. The number of unbranched alkanes of at least 4 members (excludes halogenated alkanes) is 5. The minimum absolute atomic E-state index is 1.16. The van der Waals surface area contributed by atoms with E-state index < -0.39 is 0 Å². The fourth-order valence-electron chi connectivity index (χ4n) is 2.32. The Bertz CT molecular complexity index is 268. The fraction of sp³-hybridized carbons (Fsp3) is 0.684. The molecule has 0 heteroatoms. The zero-order chi connectivity index (χ0) is 14.3. The molecule has 0 saturated carbocycles. The highest BCUT2D eigenvalue weighted by Crippen LogP contribution is 2.14. The average Bonchev–Trinajstić information content (AvgIpc) is 2.38. The maximum atomic E-state index is 3.76. The molecule has 0 atom stereocenters. The first-order valence-electron chi connectivity index (χ1n) is 8.12. The zero-order valence-corrected chi connectivity index (χ0v) is 13.5. The number of allylic oxidation sites excluding steroid dienone is 5. The van der Waals surface area contributed by atoms with Gasteiger partial charge in [-0.2, -0.15) is 0 Å². The van der Waals surface area contributed by atoms with Gasteiger partial charge in [-0.1, -0.05) is 42.7 Å². The van der Waals surface area contributed by atoms with Crippen molar-refractivity contribution in [3.63, 3.8) is 0 Å². The van der Waals surface area contributed by atoms with Gasteiger partial charge < -0.3 is 0 Å². The quantitative estimate of drug-likeness (QED) is 0.263. The molecule has 0 aliphatic carbocycles. The van der Waals surface area contributed by atoms with Crippen molar-refractivity contribution in [1.29, 1.82) is 0 Å². The van der Waals surface area contributed by atoms with Gasteiger partial charge in [0.25, 0.3) is 0 Å². The van der Waals surface area contributed by atoms with Gasteiger partial charge in [0.1, 0.15) is 0 Å². The van der Waals surface area contributed by atoms with Crippen LogP contribution in [0.25, 0.3) is 0 Å². The molecule has 0 bridgehead atoms. The summed E-state index contributed by atoms with van der Waals surface area (Å²) in [6, 6.07) is 0. The highest BCUT2D eigenvalue weighted by atomic mass is 14.0. The van der Waals surface area contributed by atoms with E-state index in [1.165, 1.54) is 57.8 Å². The summed E-state index contributed by atoms with van der Waals surface area (Å²) in [4.78, 5) is 0. The van der Waals surface area contributed by atoms with Gasteiger partial charge in [-0.3, -0.25) is 0 Å². The minimum atomic E-state index is 1.16. The molecule has 0 aliphatic rings. The highest BCUT2D eigenvalue weighted by molar-refractivity contribution is 4.98. The third-order valence-electron chi connectivity index (χ3n) is 3.55. The van der Waals surface area contributed by atoms with Crippen LogP contribution in [0.1, 0.15) is 85.0 Å². The Morgan fingerprint density at radius 2 is 1.37 bits per heavy atom. The standard InChI is InChI=1S/C19H34/c1-5-7-8-9-11-16-19(4)17-13-10-12-15-18(3)14-6-2/h5,14,16H,1,6-13,15,17H2,2-4H3/b18-14+,19-16+. The minimum Gasteiger partial charge on any atom is -0.103 e. The summed E-state index contributed by atoms with van der Waals surface area (Å²) in [6.45, 7) is 10.5. The van der Waals surface area contributed by atoms with Crippen molar-refractivity contribution in [3.05, 3.63) is 36.0 Å². The first-order chi connectivity index (χ1) is 9.20. The zero-order valence-electron chi connectivity index (χ0n) is 13.5. The Hall–Kier alpha value is -0.780. The van der Waals surface area contributed by atoms with E-state index in [4.69, 9.17) is 0 Å². The van der Waals surface area contributed by atoms with E-state index in [0.717, 1.165) is 6.42 Å². The van der Waals surface area contributed by atoms with Crippen LogP contribution in [0.5, 0.6) is 0 Å². The molecule has 0 heterocycles. The Labute approximate surface area is 121 Å². The molecule has 0 saturated heterocycles. The van der Waals surface area contributed by atoms with Gasteiger partial charge in [0.2, 0.25) is 0 Å². The van der Waals surface area contributed by atoms with E-state index in [2.05, 4.69) is 39.5 Å². The van der Waals surface area contributed by atoms with Crippen molar-refractivity contribution < 1.29 is 0 Å². The van der Waals surface area contributed by atoms with Crippen LogP contribution in [-0.4, -0.2) is 0 Å². The first-order valence-corrected chi connectivity index (χ1v) is 8.12. The molecule has 0 spiro atoms. The van der Waals surface area contributed by atoms with E-state index >= 15 is 0 Å². The Morgan fingerprint density at radius 1 is 0.789 bits per heavy atom. The van der Waals surface area contributed by atoms with E-state index in [9.17, 15) is 0 Å². The molecule has 0 rings (SSSR count). The molecule has 0 unspecified atom stereocenters. The van der Waals surface area contributed by atoms with Gasteiger partial charge in [-0.25, -0.2) is 0 Å². The van der Waals surface area contributed by atoms with Crippen LogP contribution in [0.3, 0.4) is 0 Å². The van der Waals surface area contributed by atoms with Crippen molar-refractivity contribution in [2.75, 3.05) is 0 Å². The summed E-state index contributed by atoms with van der Waals surface area (Å²) < 4.78 is 0. The summed E-state index contributed by atoms with van der Waals surface area (Å²) in [6.07, 6.45) is 19.7. The molecule has 0 fully saturated rings. The predicted molar refractivity (Wildman–Crippen MR) is 89.6 cm³/mol. The van der Waals surface area contributed by atoms with Crippen LogP contribution >= 0.6 is 0 Å². The van der Waals surface area contributed by atoms with Gasteiger partial charge in [0.15, 0.2) is 0 Å². The largest absolute Gasteiger partial charge is 0.103 e. The van der Waals surface area contributed by atoms with E-state index in [1.54, 1.807) is 11.1 Å². The molecular formula is C19H34. The normalized spacial score (nSPS) is 12.8. The van der Waals surface area contributed by atoms with Crippen LogP contribution in [-0.2, 0) is 0 Å². The van der Waals surface area contributed by atoms with Gasteiger partial charge in [0, 0.05) is 0 Å². The number of hydrogen-bond acceptors (Lipinski definition) is 0. The maximum absolute atomic E-state index is 3.76.